The lowest BCUT2D eigenvalue weighted by Crippen LogP contribution is -2.12. The molecule has 0 radical (unpaired) electrons. The van der Waals surface area contributed by atoms with Crippen molar-refractivity contribution in [2.75, 3.05) is 17.7 Å². The minimum Gasteiger partial charge on any atom is -0.372 e. The molecule has 100 valence electrons. The molecule has 1 aromatic heterocycles. The molecule has 2 N–H and O–H groups in total. The van der Waals surface area contributed by atoms with E-state index in [-0.39, 0.29) is 5.91 Å². The summed E-state index contributed by atoms with van der Waals surface area (Å²) >= 11 is 5.98. The van der Waals surface area contributed by atoms with Gasteiger partial charge >= 0.3 is 0 Å². The molecule has 1 aromatic carbocycles. The monoisotopic (exact) mass is 286 g/mol. The molecule has 5 nitrogen and oxygen atoms in total. The normalized spacial score (nSPS) is 9.65. The molecule has 20 heavy (non-hydrogen) atoms. The van der Waals surface area contributed by atoms with Gasteiger partial charge in [0.05, 0.1) is 22.2 Å². The molecule has 0 aliphatic heterocycles. The highest BCUT2D eigenvalue weighted by Crippen LogP contribution is 2.20. The van der Waals surface area contributed by atoms with Crippen LogP contribution in [0.1, 0.15) is 15.9 Å². The molecule has 0 unspecified atom stereocenters. The summed E-state index contributed by atoms with van der Waals surface area (Å²) in [6.07, 6.45) is 1.43. The number of nitrogens with zero attached hydrogens (tertiary/aromatic N) is 2. The van der Waals surface area contributed by atoms with Gasteiger partial charge in [0.25, 0.3) is 5.91 Å². The van der Waals surface area contributed by atoms with Crippen LogP contribution in [-0.2, 0) is 0 Å². The minimum absolute atomic E-state index is 0.336. The van der Waals surface area contributed by atoms with Crippen molar-refractivity contribution in [1.29, 1.82) is 5.26 Å². The maximum atomic E-state index is 12.1. The molecule has 0 saturated heterocycles. The Morgan fingerprint density at radius 1 is 1.40 bits per heavy atom. The number of hydrogen-bond donors (Lipinski definition) is 2. The van der Waals surface area contributed by atoms with Gasteiger partial charge in [0.1, 0.15) is 5.82 Å². The number of nitrogens with one attached hydrogen (secondary N) is 2. The quantitative estimate of drug-likeness (QED) is 0.909. The number of pyridine rings is 1. The Bertz CT molecular complexity index is 694. The molecule has 1 amide bonds. The van der Waals surface area contributed by atoms with E-state index < -0.39 is 0 Å². The summed E-state index contributed by atoms with van der Waals surface area (Å²) in [6, 6.07) is 10.2. The van der Waals surface area contributed by atoms with Gasteiger partial charge in [0.15, 0.2) is 0 Å². The van der Waals surface area contributed by atoms with Crippen molar-refractivity contribution in [2.24, 2.45) is 0 Å². The summed E-state index contributed by atoms with van der Waals surface area (Å²) in [6.45, 7) is 0. The van der Waals surface area contributed by atoms with E-state index in [9.17, 15) is 4.79 Å². The van der Waals surface area contributed by atoms with E-state index >= 15 is 0 Å². The first-order valence-electron chi connectivity index (χ1n) is 5.79. The van der Waals surface area contributed by atoms with Crippen molar-refractivity contribution in [3.05, 3.63) is 52.7 Å². The lowest BCUT2D eigenvalue weighted by molar-refractivity contribution is 0.102. The topological polar surface area (TPSA) is 77.8 Å². The van der Waals surface area contributed by atoms with Crippen molar-refractivity contribution in [3.63, 3.8) is 0 Å². The van der Waals surface area contributed by atoms with Gasteiger partial charge in [-0.1, -0.05) is 17.7 Å². The predicted octanol–water partition coefficient (Wildman–Crippen LogP) is 2.90. The van der Waals surface area contributed by atoms with Crippen LogP contribution in [0.5, 0.6) is 0 Å². The highest BCUT2D eigenvalue weighted by atomic mass is 35.5. The van der Waals surface area contributed by atoms with Crippen molar-refractivity contribution >= 4 is 29.0 Å². The number of halogens is 1. The average Bonchev–Trinajstić information content (AvgIpc) is 2.47. The van der Waals surface area contributed by atoms with E-state index in [1.807, 2.05) is 6.07 Å². The SMILES string of the molecule is CNc1ncc(C(=O)Nc2cccc(C#N)c2)cc1Cl. The average molecular weight is 287 g/mol. The van der Waals surface area contributed by atoms with Crippen LogP contribution in [-0.4, -0.2) is 17.9 Å². The molecule has 0 bridgehead atoms. The second-order valence-corrected chi connectivity index (χ2v) is 4.36. The maximum absolute atomic E-state index is 12.1. The summed E-state index contributed by atoms with van der Waals surface area (Å²) in [5, 5.41) is 14.7. The standard InChI is InChI=1S/C14H11ClN4O/c1-17-13-12(15)6-10(8-18-13)14(20)19-11-4-2-3-9(5-11)7-16/h2-6,8H,1H3,(H,17,18)(H,19,20). The Morgan fingerprint density at radius 3 is 2.85 bits per heavy atom. The van der Waals surface area contributed by atoms with Crippen molar-refractivity contribution in [3.8, 4) is 6.07 Å². The van der Waals surface area contributed by atoms with Gasteiger partial charge in [-0.3, -0.25) is 4.79 Å². The van der Waals surface area contributed by atoms with Crippen molar-refractivity contribution in [2.45, 2.75) is 0 Å². The number of anilines is 2. The van der Waals surface area contributed by atoms with E-state index in [0.717, 1.165) is 0 Å². The smallest absolute Gasteiger partial charge is 0.257 e. The number of carbonyl (C=O) groups excluding carboxylic acids is 1. The van der Waals surface area contributed by atoms with Crippen LogP contribution in [0.15, 0.2) is 36.5 Å². The van der Waals surface area contributed by atoms with Gasteiger partial charge in [-0.2, -0.15) is 5.26 Å². The number of rotatable bonds is 3. The second kappa shape index (κ2) is 6.04. The maximum Gasteiger partial charge on any atom is 0.257 e. The Hall–Kier alpha value is -2.58. The second-order valence-electron chi connectivity index (χ2n) is 3.95. The highest BCUT2D eigenvalue weighted by Gasteiger charge is 2.10. The number of carbonyl (C=O) groups is 1. The zero-order chi connectivity index (χ0) is 14.5. The Labute approximate surface area is 121 Å². The Morgan fingerprint density at radius 2 is 2.20 bits per heavy atom. The van der Waals surface area contributed by atoms with E-state index in [2.05, 4.69) is 15.6 Å². The number of nitriles is 1. The Balaban J connectivity index is 2.19. The molecule has 6 heteroatoms. The van der Waals surface area contributed by atoms with Crippen molar-refractivity contribution < 1.29 is 4.79 Å². The largest absolute Gasteiger partial charge is 0.372 e. The fourth-order valence-corrected chi connectivity index (χ4v) is 1.88. The third kappa shape index (κ3) is 3.05. The van der Waals surface area contributed by atoms with Gasteiger partial charge in [0, 0.05) is 18.9 Å². The summed E-state index contributed by atoms with van der Waals surface area (Å²) in [7, 11) is 1.70. The van der Waals surface area contributed by atoms with Gasteiger partial charge in [-0.15, -0.1) is 0 Å². The first-order chi connectivity index (χ1) is 9.63. The number of benzene rings is 1. The molecule has 0 saturated carbocycles. The molecular formula is C14H11ClN4O. The first kappa shape index (κ1) is 13.8. The lowest BCUT2D eigenvalue weighted by atomic mass is 10.2. The molecule has 2 aromatic rings. The third-order valence-electron chi connectivity index (χ3n) is 2.59. The van der Waals surface area contributed by atoms with E-state index in [1.165, 1.54) is 12.3 Å². The fourth-order valence-electron chi connectivity index (χ4n) is 1.62. The predicted molar refractivity (Wildman–Crippen MR) is 77.9 cm³/mol. The molecule has 0 spiro atoms. The molecule has 0 aliphatic rings. The summed E-state index contributed by atoms with van der Waals surface area (Å²) in [4.78, 5) is 16.1. The van der Waals surface area contributed by atoms with Crippen LogP contribution in [0.2, 0.25) is 5.02 Å². The summed E-state index contributed by atoms with van der Waals surface area (Å²) < 4.78 is 0. The molecule has 0 fully saturated rings. The molecule has 0 aliphatic carbocycles. The first-order valence-corrected chi connectivity index (χ1v) is 6.16. The van der Waals surface area contributed by atoms with E-state index in [1.54, 1.807) is 31.3 Å². The van der Waals surface area contributed by atoms with Crippen LogP contribution in [0.4, 0.5) is 11.5 Å². The Kier molecular flexibility index (Phi) is 4.18. The van der Waals surface area contributed by atoms with Crippen LogP contribution in [0, 0.1) is 11.3 Å². The number of hydrogen-bond acceptors (Lipinski definition) is 4. The molecular weight excluding hydrogens is 276 g/mol. The van der Waals surface area contributed by atoms with Gasteiger partial charge in [-0.25, -0.2) is 4.98 Å². The third-order valence-corrected chi connectivity index (χ3v) is 2.88. The molecule has 0 atom stereocenters. The van der Waals surface area contributed by atoms with E-state index in [0.29, 0.717) is 27.7 Å². The van der Waals surface area contributed by atoms with Crippen LogP contribution in [0.3, 0.4) is 0 Å². The number of amides is 1. The van der Waals surface area contributed by atoms with Crippen LogP contribution in [0.25, 0.3) is 0 Å². The number of aromatic nitrogens is 1. The van der Waals surface area contributed by atoms with E-state index in [4.69, 9.17) is 16.9 Å². The van der Waals surface area contributed by atoms with Crippen LogP contribution >= 0.6 is 11.6 Å². The van der Waals surface area contributed by atoms with Crippen LogP contribution < -0.4 is 10.6 Å². The molecule has 1 heterocycles. The zero-order valence-electron chi connectivity index (χ0n) is 10.6. The van der Waals surface area contributed by atoms with Gasteiger partial charge < -0.3 is 10.6 Å². The zero-order valence-corrected chi connectivity index (χ0v) is 11.4. The van der Waals surface area contributed by atoms with Gasteiger partial charge in [-0.05, 0) is 24.3 Å². The van der Waals surface area contributed by atoms with Crippen molar-refractivity contribution in [1.82, 2.24) is 4.98 Å². The summed E-state index contributed by atoms with van der Waals surface area (Å²) in [5.41, 5.74) is 1.36. The van der Waals surface area contributed by atoms with Gasteiger partial charge in [0.2, 0.25) is 0 Å². The molecule has 2 rings (SSSR count). The summed E-state index contributed by atoms with van der Waals surface area (Å²) in [5.74, 6) is 0.173. The minimum atomic E-state index is -0.336. The fraction of sp³-hybridized carbons (Fsp3) is 0.0714. The lowest BCUT2D eigenvalue weighted by Gasteiger charge is -2.07. The highest BCUT2D eigenvalue weighted by molar-refractivity contribution is 6.33.